The lowest BCUT2D eigenvalue weighted by molar-refractivity contribution is -0.384. The van der Waals surface area contributed by atoms with Gasteiger partial charge in [-0.05, 0) is 18.2 Å². The van der Waals surface area contributed by atoms with Crippen LogP contribution in [0.2, 0.25) is 0 Å². The molecule has 0 bridgehead atoms. The molecule has 0 aliphatic carbocycles. The Morgan fingerprint density at radius 3 is 2.74 bits per heavy atom. The van der Waals surface area contributed by atoms with E-state index in [0.29, 0.717) is 12.4 Å². The summed E-state index contributed by atoms with van der Waals surface area (Å²) in [5.41, 5.74) is 0.00668. The molecule has 2 aromatic rings. The minimum atomic E-state index is -0.431. The second-order valence-electron chi connectivity index (χ2n) is 3.72. The lowest BCUT2D eigenvalue weighted by Crippen LogP contribution is -2.07. The average Bonchev–Trinajstić information content (AvgIpc) is 2.45. The van der Waals surface area contributed by atoms with Crippen LogP contribution >= 0.6 is 11.8 Å². The lowest BCUT2D eigenvalue weighted by atomic mass is 10.4. The Hall–Kier alpha value is -2.08. The Morgan fingerprint density at radius 2 is 2.00 bits per heavy atom. The van der Waals surface area contributed by atoms with Gasteiger partial charge in [0, 0.05) is 29.5 Å². The first-order valence-electron chi connectivity index (χ1n) is 5.78. The van der Waals surface area contributed by atoms with Crippen LogP contribution in [0.5, 0.6) is 0 Å². The highest BCUT2D eigenvalue weighted by Crippen LogP contribution is 2.21. The van der Waals surface area contributed by atoms with E-state index in [9.17, 15) is 10.1 Å². The van der Waals surface area contributed by atoms with Crippen molar-refractivity contribution in [3.8, 4) is 0 Å². The molecule has 0 spiro atoms. The maximum absolute atomic E-state index is 10.8. The summed E-state index contributed by atoms with van der Waals surface area (Å²) in [7, 11) is 0. The van der Waals surface area contributed by atoms with Gasteiger partial charge in [-0.3, -0.25) is 10.1 Å². The van der Waals surface area contributed by atoms with Gasteiger partial charge in [-0.25, -0.2) is 4.98 Å². The molecule has 0 atom stereocenters. The number of nitrogens with zero attached hydrogens (tertiary/aromatic N) is 2. The van der Waals surface area contributed by atoms with Crippen molar-refractivity contribution in [3.05, 3.63) is 58.8 Å². The molecule has 98 valence electrons. The van der Waals surface area contributed by atoms with Crippen LogP contribution in [0.1, 0.15) is 0 Å². The van der Waals surface area contributed by atoms with E-state index in [0.717, 1.165) is 5.75 Å². The number of aromatic nitrogens is 1. The van der Waals surface area contributed by atoms with Gasteiger partial charge in [0.2, 0.25) is 5.82 Å². The maximum Gasteiger partial charge on any atom is 0.311 e. The molecule has 0 saturated heterocycles. The number of thioether (sulfide) groups is 1. The van der Waals surface area contributed by atoms with Crippen molar-refractivity contribution in [2.24, 2.45) is 0 Å². The number of nitro groups is 1. The van der Waals surface area contributed by atoms with E-state index >= 15 is 0 Å². The molecule has 2 rings (SSSR count). The first-order valence-corrected chi connectivity index (χ1v) is 6.77. The first-order chi connectivity index (χ1) is 9.27. The topological polar surface area (TPSA) is 68.1 Å². The summed E-state index contributed by atoms with van der Waals surface area (Å²) >= 11 is 1.69. The molecule has 6 heteroatoms. The van der Waals surface area contributed by atoms with Crippen LogP contribution in [-0.4, -0.2) is 22.2 Å². The summed E-state index contributed by atoms with van der Waals surface area (Å²) in [6, 6.07) is 13.0. The van der Waals surface area contributed by atoms with Crippen molar-refractivity contribution >= 4 is 23.3 Å². The third-order valence-electron chi connectivity index (χ3n) is 2.39. The lowest BCUT2D eigenvalue weighted by Gasteiger charge is -2.05. The van der Waals surface area contributed by atoms with Crippen LogP contribution in [0.15, 0.2) is 53.6 Å². The van der Waals surface area contributed by atoms with Gasteiger partial charge in [0.05, 0.1) is 4.92 Å². The summed E-state index contributed by atoms with van der Waals surface area (Å²) in [4.78, 5) is 15.5. The van der Waals surface area contributed by atoms with E-state index in [1.807, 2.05) is 30.3 Å². The molecule has 5 nitrogen and oxygen atoms in total. The van der Waals surface area contributed by atoms with Crippen LogP contribution < -0.4 is 5.32 Å². The molecule has 0 unspecified atom stereocenters. The van der Waals surface area contributed by atoms with Crippen molar-refractivity contribution in [3.63, 3.8) is 0 Å². The van der Waals surface area contributed by atoms with Crippen molar-refractivity contribution in [1.29, 1.82) is 0 Å². The fraction of sp³-hybridized carbons (Fsp3) is 0.154. The zero-order chi connectivity index (χ0) is 13.5. The van der Waals surface area contributed by atoms with E-state index in [-0.39, 0.29) is 5.69 Å². The Balaban J connectivity index is 1.85. The smallest absolute Gasteiger partial charge is 0.311 e. The third-order valence-corrected chi connectivity index (χ3v) is 3.40. The summed E-state index contributed by atoms with van der Waals surface area (Å²) in [6.45, 7) is 0.622. The molecular weight excluding hydrogens is 262 g/mol. The van der Waals surface area contributed by atoms with Crippen LogP contribution in [0.3, 0.4) is 0 Å². The second kappa shape index (κ2) is 6.75. The molecule has 19 heavy (non-hydrogen) atoms. The number of rotatable bonds is 6. The Kier molecular flexibility index (Phi) is 4.74. The Morgan fingerprint density at radius 1 is 1.21 bits per heavy atom. The highest BCUT2D eigenvalue weighted by atomic mass is 32.2. The molecule has 1 aromatic carbocycles. The van der Waals surface area contributed by atoms with Gasteiger partial charge in [-0.1, -0.05) is 18.2 Å². The van der Waals surface area contributed by atoms with Gasteiger partial charge in [-0.15, -0.1) is 11.8 Å². The molecule has 0 saturated carbocycles. The number of nitrogens with one attached hydrogen (secondary N) is 1. The number of benzene rings is 1. The molecule has 0 radical (unpaired) electrons. The van der Waals surface area contributed by atoms with Gasteiger partial charge in [0.25, 0.3) is 0 Å². The molecule has 1 aromatic heterocycles. The van der Waals surface area contributed by atoms with E-state index < -0.39 is 4.92 Å². The Labute approximate surface area is 115 Å². The predicted molar refractivity (Wildman–Crippen MR) is 76.5 cm³/mol. The highest BCUT2D eigenvalue weighted by molar-refractivity contribution is 7.99. The number of hydrogen-bond donors (Lipinski definition) is 1. The normalized spacial score (nSPS) is 10.1. The minimum absolute atomic E-state index is 0.00668. The molecule has 0 fully saturated rings. The second-order valence-corrected chi connectivity index (χ2v) is 4.88. The zero-order valence-corrected chi connectivity index (χ0v) is 11.0. The largest absolute Gasteiger partial charge is 0.364 e. The Bertz CT molecular complexity index is 549. The van der Waals surface area contributed by atoms with Crippen LogP contribution in [0, 0.1) is 10.1 Å². The van der Waals surface area contributed by atoms with Crippen LogP contribution in [-0.2, 0) is 0 Å². The van der Waals surface area contributed by atoms with Gasteiger partial charge in [0.1, 0.15) is 0 Å². The highest BCUT2D eigenvalue weighted by Gasteiger charge is 2.12. The van der Waals surface area contributed by atoms with Gasteiger partial charge >= 0.3 is 5.69 Å². The summed E-state index contributed by atoms with van der Waals surface area (Å²) < 4.78 is 0. The molecule has 0 aliphatic heterocycles. The predicted octanol–water partition coefficient (Wildman–Crippen LogP) is 3.19. The molecule has 1 N–H and O–H groups in total. The number of anilines is 1. The standard InChI is InChI=1S/C13H13N3O2S/c17-16(18)12-7-4-8-14-13(12)15-9-10-19-11-5-2-1-3-6-11/h1-8H,9-10H2,(H,14,15). The fourth-order valence-electron chi connectivity index (χ4n) is 1.54. The van der Waals surface area contributed by atoms with E-state index in [1.165, 1.54) is 11.0 Å². The third kappa shape index (κ3) is 3.96. The van der Waals surface area contributed by atoms with E-state index in [4.69, 9.17) is 0 Å². The van der Waals surface area contributed by atoms with Crippen molar-refractivity contribution in [1.82, 2.24) is 4.98 Å². The first kappa shape index (κ1) is 13.4. The van der Waals surface area contributed by atoms with Gasteiger partial charge in [-0.2, -0.15) is 0 Å². The summed E-state index contributed by atoms with van der Waals surface area (Å²) in [5.74, 6) is 1.14. The van der Waals surface area contributed by atoms with E-state index in [2.05, 4.69) is 10.3 Å². The fourth-order valence-corrected chi connectivity index (χ4v) is 2.32. The van der Waals surface area contributed by atoms with Crippen LogP contribution in [0.4, 0.5) is 11.5 Å². The van der Waals surface area contributed by atoms with Crippen molar-refractivity contribution in [2.75, 3.05) is 17.6 Å². The summed E-state index contributed by atoms with van der Waals surface area (Å²) in [5, 5.41) is 13.8. The van der Waals surface area contributed by atoms with E-state index in [1.54, 1.807) is 24.0 Å². The average molecular weight is 275 g/mol. The van der Waals surface area contributed by atoms with Crippen molar-refractivity contribution < 1.29 is 4.92 Å². The SMILES string of the molecule is O=[N+]([O-])c1cccnc1NCCSc1ccccc1. The monoisotopic (exact) mass is 275 g/mol. The number of hydrogen-bond acceptors (Lipinski definition) is 5. The minimum Gasteiger partial charge on any atom is -0.364 e. The van der Waals surface area contributed by atoms with Crippen molar-refractivity contribution in [2.45, 2.75) is 4.90 Å². The number of pyridine rings is 1. The van der Waals surface area contributed by atoms with Gasteiger partial charge in [0.15, 0.2) is 0 Å². The molecule has 1 heterocycles. The quantitative estimate of drug-likeness (QED) is 0.379. The zero-order valence-electron chi connectivity index (χ0n) is 10.2. The molecule has 0 amide bonds. The summed E-state index contributed by atoms with van der Waals surface area (Å²) in [6.07, 6.45) is 1.54. The molecular formula is C13H13N3O2S. The molecule has 0 aliphatic rings. The van der Waals surface area contributed by atoms with Gasteiger partial charge < -0.3 is 5.32 Å². The maximum atomic E-state index is 10.8. The van der Waals surface area contributed by atoms with Crippen LogP contribution in [0.25, 0.3) is 0 Å².